The van der Waals surface area contributed by atoms with Crippen LogP contribution in [0.25, 0.3) is 0 Å². The van der Waals surface area contributed by atoms with Gasteiger partial charge in [0.15, 0.2) is 0 Å². The number of ether oxygens (including phenoxy) is 1. The Bertz CT molecular complexity index is 733. The monoisotopic (exact) mass is 338 g/mol. The molecule has 5 nitrogen and oxygen atoms in total. The third-order valence-electron chi connectivity index (χ3n) is 4.46. The summed E-state index contributed by atoms with van der Waals surface area (Å²) < 4.78 is 5.50. The first-order valence-electron chi connectivity index (χ1n) is 8.50. The SMILES string of the molecule is CCCC1(COC(=O)c2ccccc2)CN(c2ccccc2)NC1=O. The maximum Gasteiger partial charge on any atom is 0.338 e. The number of para-hydroxylation sites is 1. The normalized spacial score (nSPS) is 19.6. The Labute approximate surface area is 147 Å². The highest BCUT2D eigenvalue weighted by molar-refractivity contribution is 5.91. The standard InChI is InChI=1S/C20H22N2O3/c1-2-13-20(15-25-18(23)16-9-5-3-6-10-16)14-22(21-19(20)24)17-11-7-4-8-12-17/h3-12H,2,13-15H2,1H3,(H,21,24). The zero-order chi connectivity index (χ0) is 17.7. The number of anilines is 1. The molecule has 3 rings (SSSR count). The fraction of sp³-hybridized carbons (Fsp3) is 0.300. The lowest BCUT2D eigenvalue weighted by Crippen LogP contribution is -2.38. The Morgan fingerprint density at radius 3 is 2.40 bits per heavy atom. The molecule has 1 N–H and O–H groups in total. The Kier molecular flexibility index (Phi) is 5.03. The van der Waals surface area contributed by atoms with Crippen molar-refractivity contribution >= 4 is 17.6 Å². The number of hydrogen-bond acceptors (Lipinski definition) is 4. The summed E-state index contributed by atoms with van der Waals surface area (Å²) >= 11 is 0. The number of hydrogen-bond donors (Lipinski definition) is 1. The first-order chi connectivity index (χ1) is 12.1. The number of esters is 1. The third-order valence-corrected chi connectivity index (χ3v) is 4.46. The molecule has 130 valence electrons. The van der Waals surface area contributed by atoms with Crippen LogP contribution in [-0.2, 0) is 9.53 Å². The van der Waals surface area contributed by atoms with Crippen LogP contribution < -0.4 is 10.4 Å². The number of amides is 1. The molecule has 0 aromatic heterocycles. The fourth-order valence-corrected chi connectivity index (χ4v) is 3.13. The van der Waals surface area contributed by atoms with Crippen LogP contribution in [0.4, 0.5) is 5.69 Å². The van der Waals surface area contributed by atoms with Gasteiger partial charge in [0.05, 0.1) is 17.8 Å². The third kappa shape index (κ3) is 3.65. The van der Waals surface area contributed by atoms with E-state index >= 15 is 0 Å². The van der Waals surface area contributed by atoms with Gasteiger partial charge in [-0.3, -0.25) is 15.2 Å². The van der Waals surface area contributed by atoms with E-state index in [2.05, 4.69) is 5.43 Å². The van der Waals surface area contributed by atoms with Crippen LogP contribution in [0.1, 0.15) is 30.1 Å². The molecule has 0 radical (unpaired) electrons. The largest absolute Gasteiger partial charge is 0.461 e. The van der Waals surface area contributed by atoms with Crippen LogP contribution in [0.15, 0.2) is 60.7 Å². The van der Waals surface area contributed by atoms with Gasteiger partial charge in [-0.15, -0.1) is 0 Å². The molecule has 0 bridgehead atoms. The predicted octanol–water partition coefficient (Wildman–Crippen LogP) is 3.18. The first-order valence-corrected chi connectivity index (χ1v) is 8.50. The van der Waals surface area contributed by atoms with Crippen molar-refractivity contribution in [1.29, 1.82) is 0 Å². The number of carbonyl (C=O) groups excluding carboxylic acids is 2. The van der Waals surface area contributed by atoms with E-state index in [-0.39, 0.29) is 12.5 Å². The van der Waals surface area contributed by atoms with Crippen molar-refractivity contribution in [3.8, 4) is 0 Å². The van der Waals surface area contributed by atoms with Crippen molar-refractivity contribution in [1.82, 2.24) is 5.43 Å². The van der Waals surface area contributed by atoms with Crippen LogP contribution in [0.3, 0.4) is 0 Å². The molecule has 0 spiro atoms. The maximum absolute atomic E-state index is 12.7. The van der Waals surface area contributed by atoms with Crippen LogP contribution in [0, 0.1) is 5.41 Å². The van der Waals surface area contributed by atoms with Gasteiger partial charge in [0.25, 0.3) is 0 Å². The molecule has 2 aromatic carbocycles. The second-order valence-corrected chi connectivity index (χ2v) is 6.34. The predicted molar refractivity (Wildman–Crippen MR) is 96.0 cm³/mol. The smallest absolute Gasteiger partial charge is 0.338 e. The van der Waals surface area contributed by atoms with Crippen molar-refractivity contribution in [2.24, 2.45) is 5.41 Å². The molecule has 1 atom stereocenters. The summed E-state index contributed by atoms with van der Waals surface area (Å²) in [5.74, 6) is -0.499. The second kappa shape index (κ2) is 7.38. The summed E-state index contributed by atoms with van der Waals surface area (Å²) in [6.07, 6.45) is 1.49. The van der Waals surface area contributed by atoms with Gasteiger partial charge in [0.2, 0.25) is 5.91 Å². The molecule has 2 aromatic rings. The highest BCUT2D eigenvalue weighted by Gasteiger charge is 2.47. The molecule has 1 unspecified atom stereocenters. The van der Waals surface area contributed by atoms with Gasteiger partial charge in [-0.1, -0.05) is 49.7 Å². The Morgan fingerprint density at radius 1 is 1.12 bits per heavy atom. The molecule has 1 amide bonds. The average Bonchev–Trinajstić information content (AvgIpc) is 2.98. The van der Waals surface area contributed by atoms with E-state index in [1.165, 1.54) is 0 Å². The van der Waals surface area contributed by atoms with E-state index < -0.39 is 11.4 Å². The minimum atomic E-state index is -0.727. The number of rotatable bonds is 6. The number of hydrazine groups is 1. The van der Waals surface area contributed by atoms with E-state index in [0.717, 1.165) is 12.1 Å². The number of nitrogens with one attached hydrogen (secondary N) is 1. The summed E-state index contributed by atoms with van der Waals surface area (Å²) in [5.41, 5.74) is 3.60. The summed E-state index contributed by atoms with van der Waals surface area (Å²) in [5, 5.41) is 1.83. The summed E-state index contributed by atoms with van der Waals surface area (Å²) in [7, 11) is 0. The molecule has 25 heavy (non-hydrogen) atoms. The van der Waals surface area contributed by atoms with Crippen molar-refractivity contribution < 1.29 is 14.3 Å². The van der Waals surface area contributed by atoms with Crippen molar-refractivity contribution in [3.63, 3.8) is 0 Å². The van der Waals surface area contributed by atoms with E-state index in [4.69, 9.17) is 4.74 Å². The first kappa shape index (κ1) is 17.0. The molecule has 1 saturated heterocycles. The van der Waals surface area contributed by atoms with Crippen molar-refractivity contribution in [2.45, 2.75) is 19.8 Å². The van der Waals surface area contributed by atoms with Gasteiger partial charge in [-0.2, -0.15) is 0 Å². The van der Waals surface area contributed by atoms with E-state index in [1.807, 2.05) is 48.3 Å². The molecule has 1 fully saturated rings. The zero-order valence-corrected chi connectivity index (χ0v) is 14.3. The quantitative estimate of drug-likeness (QED) is 0.822. The molecule has 1 aliphatic rings. The van der Waals surface area contributed by atoms with E-state index in [0.29, 0.717) is 18.5 Å². The number of carbonyl (C=O) groups is 2. The molecule has 5 heteroatoms. The number of benzene rings is 2. The van der Waals surface area contributed by atoms with Crippen LogP contribution in [-0.4, -0.2) is 25.0 Å². The molecular formula is C20H22N2O3. The van der Waals surface area contributed by atoms with Crippen molar-refractivity contribution in [3.05, 3.63) is 66.2 Å². The van der Waals surface area contributed by atoms with Gasteiger partial charge >= 0.3 is 5.97 Å². The van der Waals surface area contributed by atoms with Gasteiger partial charge < -0.3 is 4.74 Å². The minimum Gasteiger partial charge on any atom is -0.461 e. The molecule has 0 saturated carbocycles. The molecule has 0 aliphatic carbocycles. The zero-order valence-electron chi connectivity index (χ0n) is 14.3. The lowest BCUT2D eigenvalue weighted by atomic mass is 9.84. The van der Waals surface area contributed by atoms with Gasteiger partial charge in [0, 0.05) is 0 Å². The van der Waals surface area contributed by atoms with Crippen LogP contribution in [0.2, 0.25) is 0 Å². The van der Waals surface area contributed by atoms with Crippen LogP contribution >= 0.6 is 0 Å². The van der Waals surface area contributed by atoms with E-state index in [1.54, 1.807) is 24.3 Å². The van der Waals surface area contributed by atoms with Gasteiger partial charge in [0.1, 0.15) is 12.0 Å². The second-order valence-electron chi connectivity index (χ2n) is 6.34. The lowest BCUT2D eigenvalue weighted by molar-refractivity contribution is -0.129. The van der Waals surface area contributed by atoms with Gasteiger partial charge in [-0.25, -0.2) is 4.79 Å². The Hall–Kier alpha value is -2.82. The topological polar surface area (TPSA) is 58.6 Å². The van der Waals surface area contributed by atoms with Gasteiger partial charge in [-0.05, 0) is 30.7 Å². The summed E-state index contributed by atoms with van der Waals surface area (Å²) in [4.78, 5) is 24.9. The number of nitrogens with zero attached hydrogens (tertiary/aromatic N) is 1. The summed E-state index contributed by atoms with van der Waals surface area (Å²) in [6.45, 7) is 2.58. The Balaban J connectivity index is 1.73. The lowest BCUT2D eigenvalue weighted by Gasteiger charge is -2.25. The average molecular weight is 338 g/mol. The van der Waals surface area contributed by atoms with E-state index in [9.17, 15) is 9.59 Å². The Morgan fingerprint density at radius 2 is 1.76 bits per heavy atom. The highest BCUT2D eigenvalue weighted by Crippen LogP contribution is 2.33. The van der Waals surface area contributed by atoms with Crippen LogP contribution in [0.5, 0.6) is 0 Å². The minimum absolute atomic E-state index is 0.0731. The maximum atomic E-state index is 12.7. The fourth-order valence-electron chi connectivity index (χ4n) is 3.13. The molecule has 1 aliphatic heterocycles. The highest BCUT2D eigenvalue weighted by atomic mass is 16.5. The molecule has 1 heterocycles. The van der Waals surface area contributed by atoms with Crippen molar-refractivity contribution in [2.75, 3.05) is 18.2 Å². The summed E-state index contributed by atoms with van der Waals surface area (Å²) in [6, 6.07) is 18.5. The molecular weight excluding hydrogens is 316 g/mol.